The fourth-order valence-electron chi connectivity index (χ4n) is 2.36. The van der Waals surface area contributed by atoms with Crippen LogP contribution in [0.15, 0.2) is 0 Å². The number of rotatable bonds is 4. The summed E-state index contributed by atoms with van der Waals surface area (Å²) in [4.78, 5) is 0. The van der Waals surface area contributed by atoms with Crippen molar-refractivity contribution in [1.82, 2.24) is 0 Å². The minimum Gasteiger partial charge on any atom is -0.396 e. The molecule has 1 aliphatic rings. The van der Waals surface area contributed by atoms with Gasteiger partial charge in [-0.15, -0.1) is 0 Å². The van der Waals surface area contributed by atoms with Gasteiger partial charge in [0.1, 0.15) is 0 Å². The molecule has 0 radical (unpaired) electrons. The summed E-state index contributed by atoms with van der Waals surface area (Å²) in [6.45, 7) is 3.18. The molecule has 0 aromatic rings. The van der Waals surface area contributed by atoms with Crippen molar-refractivity contribution < 1.29 is 5.11 Å². The molecule has 0 amide bonds. The zero-order valence-electron chi connectivity index (χ0n) is 8.05. The first-order valence-electron chi connectivity index (χ1n) is 5.04. The molecule has 2 heteroatoms. The van der Waals surface area contributed by atoms with Gasteiger partial charge in [0.05, 0.1) is 0 Å². The van der Waals surface area contributed by atoms with Gasteiger partial charge < -0.3 is 10.8 Å². The van der Waals surface area contributed by atoms with Gasteiger partial charge in [0, 0.05) is 6.61 Å². The van der Waals surface area contributed by atoms with Crippen LogP contribution in [-0.2, 0) is 0 Å². The summed E-state index contributed by atoms with van der Waals surface area (Å²) in [5, 5.41) is 9.32. The van der Waals surface area contributed by atoms with Crippen LogP contribution in [0.25, 0.3) is 0 Å². The van der Waals surface area contributed by atoms with Gasteiger partial charge in [-0.1, -0.05) is 19.8 Å². The van der Waals surface area contributed by atoms with Crippen LogP contribution in [0.4, 0.5) is 0 Å². The van der Waals surface area contributed by atoms with Crippen molar-refractivity contribution in [2.45, 2.75) is 39.0 Å². The maximum Gasteiger partial charge on any atom is 0.0487 e. The Hall–Kier alpha value is -0.0800. The molecule has 72 valence electrons. The maximum atomic E-state index is 9.32. The second-order valence-corrected chi connectivity index (χ2v) is 4.33. The van der Waals surface area contributed by atoms with Gasteiger partial charge in [0.25, 0.3) is 0 Å². The molecule has 1 saturated carbocycles. The van der Waals surface area contributed by atoms with Crippen molar-refractivity contribution in [3.63, 3.8) is 0 Å². The van der Waals surface area contributed by atoms with Crippen molar-refractivity contribution in [2.24, 2.45) is 17.1 Å². The van der Waals surface area contributed by atoms with E-state index in [2.05, 4.69) is 6.92 Å². The van der Waals surface area contributed by atoms with E-state index in [1.807, 2.05) is 0 Å². The molecule has 1 atom stereocenters. The Labute approximate surface area is 75.2 Å². The highest BCUT2D eigenvalue weighted by Gasteiger charge is 2.34. The second-order valence-electron chi connectivity index (χ2n) is 4.33. The SMILES string of the molecule is CC(CO)(CCN)C1CCCC1. The third kappa shape index (κ3) is 1.99. The quantitative estimate of drug-likeness (QED) is 0.673. The Morgan fingerprint density at radius 1 is 1.42 bits per heavy atom. The molecule has 0 bridgehead atoms. The molecule has 12 heavy (non-hydrogen) atoms. The zero-order chi connectivity index (χ0) is 9.03. The van der Waals surface area contributed by atoms with Crippen molar-refractivity contribution in [2.75, 3.05) is 13.2 Å². The number of aliphatic hydroxyl groups excluding tert-OH is 1. The zero-order valence-corrected chi connectivity index (χ0v) is 8.05. The summed E-state index contributed by atoms with van der Waals surface area (Å²) in [5.74, 6) is 0.714. The predicted molar refractivity (Wildman–Crippen MR) is 50.8 cm³/mol. The minimum absolute atomic E-state index is 0.102. The van der Waals surface area contributed by atoms with E-state index in [0.29, 0.717) is 19.1 Å². The summed E-state index contributed by atoms with van der Waals surface area (Å²) < 4.78 is 0. The molecular formula is C10H21NO. The van der Waals surface area contributed by atoms with Gasteiger partial charge in [-0.25, -0.2) is 0 Å². The number of aliphatic hydroxyl groups is 1. The van der Waals surface area contributed by atoms with E-state index >= 15 is 0 Å². The highest BCUT2D eigenvalue weighted by atomic mass is 16.3. The van der Waals surface area contributed by atoms with Gasteiger partial charge in [-0.3, -0.25) is 0 Å². The predicted octanol–water partition coefficient (Wildman–Crippen LogP) is 1.52. The normalized spacial score (nSPS) is 24.2. The Morgan fingerprint density at radius 2 is 2.00 bits per heavy atom. The number of hydrogen-bond donors (Lipinski definition) is 2. The third-order valence-electron chi connectivity index (χ3n) is 3.42. The van der Waals surface area contributed by atoms with Crippen molar-refractivity contribution >= 4 is 0 Å². The first kappa shape index (κ1) is 10.0. The van der Waals surface area contributed by atoms with Crippen LogP contribution in [0.5, 0.6) is 0 Å². The average molecular weight is 171 g/mol. The summed E-state index contributed by atoms with van der Waals surface area (Å²) in [7, 11) is 0. The maximum absolute atomic E-state index is 9.32. The van der Waals surface area contributed by atoms with Crippen LogP contribution in [0.2, 0.25) is 0 Å². The highest BCUT2D eigenvalue weighted by Crippen LogP contribution is 2.41. The van der Waals surface area contributed by atoms with Crippen molar-refractivity contribution in [1.29, 1.82) is 0 Å². The van der Waals surface area contributed by atoms with Crippen molar-refractivity contribution in [3.05, 3.63) is 0 Å². The molecule has 1 aliphatic carbocycles. The fourth-order valence-corrected chi connectivity index (χ4v) is 2.36. The van der Waals surface area contributed by atoms with E-state index in [4.69, 9.17) is 5.73 Å². The first-order chi connectivity index (χ1) is 5.73. The topological polar surface area (TPSA) is 46.2 Å². The summed E-state index contributed by atoms with van der Waals surface area (Å²) in [6, 6.07) is 0. The molecule has 2 nitrogen and oxygen atoms in total. The molecule has 1 rings (SSSR count). The Kier molecular flexibility index (Phi) is 3.53. The molecule has 1 unspecified atom stereocenters. The van der Waals surface area contributed by atoms with Gasteiger partial charge in [-0.05, 0) is 37.1 Å². The second kappa shape index (κ2) is 4.24. The molecule has 3 N–H and O–H groups in total. The molecule has 0 aliphatic heterocycles. The van der Waals surface area contributed by atoms with Crippen LogP contribution < -0.4 is 5.73 Å². The van der Waals surface area contributed by atoms with Crippen LogP contribution in [0, 0.1) is 11.3 Å². The standard InChI is InChI=1S/C10H21NO/c1-10(8-12,6-7-11)9-4-2-3-5-9/h9,12H,2-8,11H2,1H3. The minimum atomic E-state index is 0.102. The molecule has 0 heterocycles. The Bertz CT molecular complexity index is 132. The molecule has 0 aromatic carbocycles. The van der Waals surface area contributed by atoms with E-state index in [1.165, 1.54) is 25.7 Å². The van der Waals surface area contributed by atoms with Crippen LogP contribution in [-0.4, -0.2) is 18.3 Å². The van der Waals surface area contributed by atoms with Gasteiger partial charge >= 0.3 is 0 Å². The summed E-state index contributed by atoms with van der Waals surface area (Å²) in [6.07, 6.45) is 6.22. The van der Waals surface area contributed by atoms with Gasteiger partial charge in [0.2, 0.25) is 0 Å². The van der Waals surface area contributed by atoms with Crippen LogP contribution in [0.3, 0.4) is 0 Å². The lowest BCUT2D eigenvalue weighted by molar-refractivity contribution is 0.0740. The van der Waals surface area contributed by atoms with Crippen LogP contribution in [0.1, 0.15) is 39.0 Å². The fraction of sp³-hybridized carbons (Fsp3) is 1.00. The molecule has 0 aromatic heterocycles. The summed E-state index contributed by atoms with van der Waals surface area (Å²) in [5.41, 5.74) is 5.65. The van der Waals surface area contributed by atoms with E-state index in [9.17, 15) is 5.11 Å². The Balaban J connectivity index is 2.51. The van der Waals surface area contributed by atoms with E-state index in [1.54, 1.807) is 0 Å². The van der Waals surface area contributed by atoms with E-state index in [0.717, 1.165) is 6.42 Å². The monoisotopic (exact) mass is 171 g/mol. The third-order valence-corrected chi connectivity index (χ3v) is 3.42. The highest BCUT2D eigenvalue weighted by molar-refractivity contribution is 4.85. The molecule has 1 fully saturated rings. The summed E-state index contributed by atoms with van der Waals surface area (Å²) >= 11 is 0. The van der Waals surface area contributed by atoms with Crippen LogP contribution >= 0.6 is 0 Å². The molecular weight excluding hydrogens is 150 g/mol. The number of nitrogens with two attached hydrogens (primary N) is 1. The van der Waals surface area contributed by atoms with Gasteiger partial charge in [-0.2, -0.15) is 0 Å². The lowest BCUT2D eigenvalue weighted by atomic mass is 9.74. The van der Waals surface area contributed by atoms with Gasteiger partial charge in [0.15, 0.2) is 0 Å². The lowest BCUT2D eigenvalue weighted by Gasteiger charge is -2.33. The molecule has 0 spiro atoms. The molecule has 0 saturated heterocycles. The first-order valence-corrected chi connectivity index (χ1v) is 5.04. The van der Waals surface area contributed by atoms with E-state index in [-0.39, 0.29) is 5.41 Å². The average Bonchev–Trinajstić information content (AvgIpc) is 2.57. The largest absolute Gasteiger partial charge is 0.396 e. The van der Waals surface area contributed by atoms with Crippen molar-refractivity contribution in [3.8, 4) is 0 Å². The van der Waals surface area contributed by atoms with E-state index < -0.39 is 0 Å². The smallest absolute Gasteiger partial charge is 0.0487 e. The number of hydrogen-bond acceptors (Lipinski definition) is 2. The Morgan fingerprint density at radius 3 is 2.42 bits per heavy atom. The lowest BCUT2D eigenvalue weighted by Crippen LogP contribution is -2.32.